The van der Waals surface area contributed by atoms with Crippen LogP contribution in [0, 0.1) is 20.8 Å². The summed E-state index contributed by atoms with van der Waals surface area (Å²) >= 11 is 0. The largest absolute Gasteiger partial charge is 0.418 e. The number of halogens is 3. The number of anilines is 1. The fraction of sp³-hybridized carbons (Fsp3) is 0.222. The minimum atomic E-state index is -4.50. The van der Waals surface area contributed by atoms with E-state index in [2.05, 4.69) is 10.5 Å². The number of hydrogen-bond donors (Lipinski definition) is 1. The topological polar surface area (TPSA) is 60.1 Å². The van der Waals surface area contributed by atoms with E-state index in [-0.39, 0.29) is 17.1 Å². The SMILES string of the molecule is Cc1cc(NC(=O)c2cc(C)n(-c3ccccc3C(F)(F)F)c2C)on1. The first-order valence-electron chi connectivity index (χ1n) is 7.78. The second-order valence-electron chi connectivity index (χ2n) is 5.92. The van der Waals surface area contributed by atoms with E-state index in [0.29, 0.717) is 17.1 Å². The molecule has 0 fully saturated rings. The second kappa shape index (κ2) is 6.36. The molecule has 2 aromatic heterocycles. The first-order chi connectivity index (χ1) is 12.2. The van der Waals surface area contributed by atoms with E-state index in [1.54, 1.807) is 32.9 Å². The molecule has 3 aromatic rings. The van der Waals surface area contributed by atoms with Crippen LogP contribution in [0.2, 0.25) is 0 Å². The van der Waals surface area contributed by atoms with Crippen molar-refractivity contribution in [1.82, 2.24) is 9.72 Å². The van der Waals surface area contributed by atoms with E-state index in [9.17, 15) is 18.0 Å². The first-order valence-corrected chi connectivity index (χ1v) is 7.78. The van der Waals surface area contributed by atoms with Gasteiger partial charge < -0.3 is 9.09 Å². The van der Waals surface area contributed by atoms with Crippen molar-refractivity contribution in [3.63, 3.8) is 0 Å². The molecular weight excluding hydrogens is 347 g/mol. The molecule has 136 valence electrons. The van der Waals surface area contributed by atoms with E-state index in [1.165, 1.54) is 22.8 Å². The lowest BCUT2D eigenvalue weighted by Crippen LogP contribution is -2.14. The standard InChI is InChI=1S/C18H16F3N3O2/c1-10-8-16(26-23-10)22-17(25)13-9-11(2)24(12(13)3)15-7-5-4-6-14(15)18(19,20)21/h4-9H,1-3H3,(H,22,25). The summed E-state index contributed by atoms with van der Waals surface area (Å²) in [5, 5.41) is 6.23. The van der Waals surface area contributed by atoms with Gasteiger partial charge in [-0.05, 0) is 39.0 Å². The Morgan fingerprint density at radius 3 is 2.46 bits per heavy atom. The Bertz CT molecular complexity index is 970. The van der Waals surface area contributed by atoms with Gasteiger partial charge in [0.2, 0.25) is 5.88 Å². The molecule has 26 heavy (non-hydrogen) atoms. The van der Waals surface area contributed by atoms with E-state index in [0.717, 1.165) is 6.07 Å². The van der Waals surface area contributed by atoms with Crippen molar-refractivity contribution in [1.29, 1.82) is 0 Å². The zero-order chi connectivity index (χ0) is 19.1. The van der Waals surface area contributed by atoms with E-state index in [4.69, 9.17) is 4.52 Å². The lowest BCUT2D eigenvalue weighted by molar-refractivity contribution is -0.137. The summed E-state index contributed by atoms with van der Waals surface area (Å²) in [5.74, 6) is -0.307. The van der Waals surface area contributed by atoms with Gasteiger partial charge in [-0.1, -0.05) is 17.3 Å². The number of para-hydroxylation sites is 1. The Kier molecular flexibility index (Phi) is 4.35. The van der Waals surface area contributed by atoms with Crippen LogP contribution in [0.25, 0.3) is 5.69 Å². The highest BCUT2D eigenvalue weighted by Crippen LogP contribution is 2.35. The molecule has 0 aliphatic heterocycles. The van der Waals surface area contributed by atoms with Gasteiger partial charge in [-0.15, -0.1) is 0 Å². The van der Waals surface area contributed by atoms with Crippen LogP contribution in [0.1, 0.15) is 33.0 Å². The number of nitrogens with zero attached hydrogens (tertiary/aromatic N) is 2. The number of alkyl halides is 3. The second-order valence-corrected chi connectivity index (χ2v) is 5.92. The molecule has 0 aliphatic carbocycles. The van der Waals surface area contributed by atoms with Crippen LogP contribution in [-0.2, 0) is 6.18 Å². The molecule has 3 rings (SSSR count). The van der Waals surface area contributed by atoms with Gasteiger partial charge in [-0.3, -0.25) is 10.1 Å². The number of hydrogen-bond acceptors (Lipinski definition) is 3. The van der Waals surface area contributed by atoms with Crippen molar-refractivity contribution in [3.8, 4) is 5.69 Å². The maximum Gasteiger partial charge on any atom is 0.418 e. The van der Waals surface area contributed by atoms with E-state index < -0.39 is 17.6 Å². The van der Waals surface area contributed by atoms with E-state index >= 15 is 0 Å². The smallest absolute Gasteiger partial charge is 0.338 e. The van der Waals surface area contributed by atoms with Crippen LogP contribution in [0.4, 0.5) is 19.1 Å². The van der Waals surface area contributed by atoms with Crippen molar-refractivity contribution in [2.75, 3.05) is 5.32 Å². The highest BCUT2D eigenvalue weighted by atomic mass is 19.4. The van der Waals surface area contributed by atoms with Crippen LogP contribution in [-0.4, -0.2) is 15.6 Å². The number of aryl methyl sites for hydroxylation is 2. The summed E-state index contributed by atoms with van der Waals surface area (Å²) in [4.78, 5) is 12.5. The average molecular weight is 363 g/mol. The number of nitrogens with one attached hydrogen (secondary N) is 1. The molecule has 1 aromatic carbocycles. The molecular formula is C18H16F3N3O2. The monoisotopic (exact) mass is 363 g/mol. The molecule has 0 unspecified atom stereocenters. The average Bonchev–Trinajstić information content (AvgIpc) is 3.09. The summed E-state index contributed by atoms with van der Waals surface area (Å²) in [5.41, 5.74) is 0.980. The predicted octanol–water partition coefficient (Wildman–Crippen LogP) is 4.66. The maximum absolute atomic E-state index is 13.3. The summed E-state index contributed by atoms with van der Waals surface area (Å²) in [7, 11) is 0. The molecule has 0 saturated carbocycles. The van der Waals surface area contributed by atoms with E-state index in [1.807, 2.05) is 0 Å². The minimum Gasteiger partial charge on any atom is -0.338 e. The third-order valence-electron chi connectivity index (χ3n) is 3.99. The molecule has 0 radical (unpaired) electrons. The maximum atomic E-state index is 13.3. The third kappa shape index (κ3) is 3.22. The predicted molar refractivity (Wildman–Crippen MR) is 89.4 cm³/mol. The highest BCUT2D eigenvalue weighted by molar-refractivity contribution is 6.04. The van der Waals surface area contributed by atoms with Gasteiger partial charge >= 0.3 is 6.18 Å². The molecule has 8 heteroatoms. The molecule has 0 saturated heterocycles. The Balaban J connectivity index is 2.03. The van der Waals surface area contributed by atoms with Gasteiger partial charge in [0.15, 0.2) is 0 Å². The number of carbonyl (C=O) groups excluding carboxylic acids is 1. The van der Waals surface area contributed by atoms with Gasteiger partial charge in [0.1, 0.15) is 0 Å². The zero-order valence-electron chi connectivity index (χ0n) is 14.3. The first kappa shape index (κ1) is 17.8. The van der Waals surface area contributed by atoms with Gasteiger partial charge in [-0.25, -0.2) is 0 Å². The molecule has 0 aliphatic rings. The molecule has 1 N–H and O–H groups in total. The Hall–Kier alpha value is -3.03. The van der Waals surface area contributed by atoms with Crippen molar-refractivity contribution < 1.29 is 22.5 Å². The summed E-state index contributed by atoms with van der Waals surface area (Å²) in [6.45, 7) is 4.95. The number of amides is 1. The van der Waals surface area contributed by atoms with Gasteiger partial charge in [-0.2, -0.15) is 13.2 Å². The molecule has 1 amide bonds. The van der Waals surface area contributed by atoms with Crippen LogP contribution < -0.4 is 5.32 Å². The lowest BCUT2D eigenvalue weighted by atomic mass is 10.1. The summed E-state index contributed by atoms with van der Waals surface area (Å²) in [6, 6.07) is 8.35. The molecule has 0 spiro atoms. The van der Waals surface area contributed by atoms with Crippen molar-refractivity contribution in [3.05, 3.63) is 64.6 Å². The van der Waals surface area contributed by atoms with Gasteiger partial charge in [0.05, 0.1) is 22.5 Å². The van der Waals surface area contributed by atoms with Crippen LogP contribution >= 0.6 is 0 Å². The zero-order valence-corrected chi connectivity index (χ0v) is 14.3. The normalized spacial score (nSPS) is 11.6. The van der Waals surface area contributed by atoms with Crippen molar-refractivity contribution >= 4 is 11.8 Å². The van der Waals surface area contributed by atoms with Crippen LogP contribution in [0.15, 0.2) is 40.9 Å². The number of aromatic nitrogens is 2. The van der Waals surface area contributed by atoms with Gasteiger partial charge in [0.25, 0.3) is 5.91 Å². The molecule has 5 nitrogen and oxygen atoms in total. The molecule has 0 bridgehead atoms. The molecule has 0 atom stereocenters. The van der Waals surface area contributed by atoms with Crippen molar-refractivity contribution in [2.24, 2.45) is 0 Å². The lowest BCUT2D eigenvalue weighted by Gasteiger charge is -2.16. The molecule has 2 heterocycles. The quantitative estimate of drug-likeness (QED) is 0.736. The van der Waals surface area contributed by atoms with Crippen LogP contribution in [0.5, 0.6) is 0 Å². The Morgan fingerprint density at radius 2 is 1.85 bits per heavy atom. The summed E-state index contributed by atoms with van der Waals surface area (Å²) in [6.07, 6.45) is -4.50. The Labute approximate surface area is 147 Å². The van der Waals surface area contributed by atoms with Gasteiger partial charge in [0, 0.05) is 17.5 Å². The fourth-order valence-electron chi connectivity index (χ4n) is 2.87. The van der Waals surface area contributed by atoms with Crippen molar-refractivity contribution in [2.45, 2.75) is 26.9 Å². The summed E-state index contributed by atoms with van der Waals surface area (Å²) < 4.78 is 46.4. The fourth-order valence-corrected chi connectivity index (χ4v) is 2.87. The minimum absolute atomic E-state index is 0.0236. The number of carbonyl (C=O) groups is 1. The third-order valence-corrected chi connectivity index (χ3v) is 3.99. The van der Waals surface area contributed by atoms with Crippen LogP contribution in [0.3, 0.4) is 0 Å². The number of rotatable bonds is 3. The Morgan fingerprint density at radius 1 is 1.15 bits per heavy atom. The number of benzene rings is 1. The highest BCUT2D eigenvalue weighted by Gasteiger charge is 2.34.